The van der Waals surface area contributed by atoms with Crippen LogP contribution in [0.5, 0.6) is 0 Å². The molecular weight excluding hydrogens is 446 g/mol. The van der Waals surface area contributed by atoms with Gasteiger partial charge in [-0.1, -0.05) is 67.3 Å². The summed E-state index contributed by atoms with van der Waals surface area (Å²) in [6, 6.07) is 15.8. The molecule has 1 N–H and O–H groups in total. The lowest BCUT2D eigenvalue weighted by Crippen LogP contribution is -2.57. The fraction of sp³-hybridized carbons (Fsp3) is 0.370. The number of sulfonamides is 1. The van der Waals surface area contributed by atoms with Gasteiger partial charge in [-0.25, -0.2) is 17.9 Å². The second-order valence-corrected chi connectivity index (χ2v) is 11.1. The van der Waals surface area contributed by atoms with Gasteiger partial charge in [0, 0.05) is 25.7 Å². The van der Waals surface area contributed by atoms with Crippen molar-refractivity contribution in [3.63, 3.8) is 0 Å². The predicted octanol–water partition coefficient (Wildman–Crippen LogP) is 4.16. The molecule has 2 fully saturated rings. The number of likely N-dealkylation sites (tertiary alicyclic amines) is 2. The first kappa shape index (κ1) is 24.2. The van der Waals surface area contributed by atoms with Crippen LogP contribution in [0.15, 0.2) is 67.8 Å². The molecule has 0 saturated carbocycles. The minimum absolute atomic E-state index is 0.00345. The Labute approximate surface area is 203 Å². The maximum atomic E-state index is 13.3. The highest BCUT2D eigenvalue weighted by molar-refractivity contribution is 7.88. The zero-order chi connectivity index (χ0) is 24.3. The van der Waals surface area contributed by atoms with Crippen molar-refractivity contribution in [1.29, 1.82) is 0 Å². The molecule has 2 aliphatic heterocycles. The molecule has 2 aromatic rings. The molecule has 2 amide bonds. The number of urea groups is 1. The number of nitrogens with one attached hydrogen (secondary N) is 1. The van der Waals surface area contributed by atoms with E-state index >= 15 is 0 Å². The Hall–Kier alpha value is -2.90. The molecule has 0 spiro atoms. The van der Waals surface area contributed by atoms with Crippen LogP contribution in [0, 0.1) is 5.92 Å². The van der Waals surface area contributed by atoms with E-state index in [2.05, 4.69) is 36.1 Å². The summed E-state index contributed by atoms with van der Waals surface area (Å²) in [5, 5.41) is 0. The molecule has 2 aromatic carbocycles. The first-order valence-corrected chi connectivity index (χ1v) is 13.6. The van der Waals surface area contributed by atoms with Crippen molar-refractivity contribution in [1.82, 2.24) is 14.5 Å². The molecule has 2 aliphatic rings. The molecule has 0 bridgehead atoms. The van der Waals surface area contributed by atoms with E-state index in [-0.39, 0.29) is 18.1 Å². The highest BCUT2D eigenvalue weighted by Gasteiger charge is 2.42. The standard InChI is InChI=1S/C27H33N3O3S/c1-4-9-21-18-29(19-21)27(31)30-15-14-25(28-34(3,32)33)26(30)17-20-10-8-12-23(16-20)24-13-7-6-11-22(24)5-2/h4-8,10-13,16,21,25-26,28H,1-2,9,14-15,17-19H2,3H3. The van der Waals surface area contributed by atoms with Crippen LogP contribution in [-0.2, 0) is 16.4 Å². The van der Waals surface area contributed by atoms with Gasteiger partial charge in [0.05, 0.1) is 12.3 Å². The van der Waals surface area contributed by atoms with Gasteiger partial charge in [-0.2, -0.15) is 0 Å². The van der Waals surface area contributed by atoms with Gasteiger partial charge in [0.25, 0.3) is 0 Å². The maximum absolute atomic E-state index is 13.3. The van der Waals surface area contributed by atoms with Crippen LogP contribution in [0.3, 0.4) is 0 Å². The largest absolute Gasteiger partial charge is 0.324 e. The Morgan fingerprint density at radius 3 is 2.62 bits per heavy atom. The fourth-order valence-corrected chi connectivity index (χ4v) is 5.92. The molecule has 34 heavy (non-hydrogen) atoms. The SMILES string of the molecule is C=CCC1CN(C(=O)N2CCC(NS(C)(=O)=O)C2Cc2cccc(-c3ccccc3C=C)c2)C1. The first-order valence-electron chi connectivity index (χ1n) is 11.7. The van der Waals surface area contributed by atoms with E-state index in [1.54, 1.807) is 0 Å². The molecule has 0 radical (unpaired) electrons. The summed E-state index contributed by atoms with van der Waals surface area (Å²) in [6.45, 7) is 9.71. The molecule has 6 nitrogen and oxygen atoms in total. The van der Waals surface area contributed by atoms with E-state index in [1.807, 2.05) is 52.3 Å². The summed E-state index contributed by atoms with van der Waals surface area (Å²) in [5.41, 5.74) is 4.29. The normalized spacial score (nSPS) is 20.7. The van der Waals surface area contributed by atoms with Gasteiger partial charge in [0.1, 0.15) is 0 Å². The van der Waals surface area contributed by atoms with Gasteiger partial charge < -0.3 is 9.80 Å². The Balaban J connectivity index is 1.57. The third-order valence-corrected chi connectivity index (χ3v) is 7.48. The number of carbonyl (C=O) groups excluding carboxylic acids is 1. The number of carbonyl (C=O) groups is 1. The molecular formula is C27H33N3O3S. The van der Waals surface area contributed by atoms with Crippen LogP contribution in [0.4, 0.5) is 4.79 Å². The Bertz CT molecular complexity index is 1170. The van der Waals surface area contributed by atoms with Gasteiger partial charge in [-0.3, -0.25) is 0 Å². The predicted molar refractivity (Wildman–Crippen MR) is 138 cm³/mol. The number of benzene rings is 2. The number of allylic oxidation sites excluding steroid dienone is 1. The molecule has 2 heterocycles. The highest BCUT2D eigenvalue weighted by atomic mass is 32.2. The molecule has 0 aromatic heterocycles. The molecule has 180 valence electrons. The molecule has 4 rings (SSSR count). The molecule has 0 aliphatic carbocycles. The number of hydrogen-bond donors (Lipinski definition) is 1. The number of nitrogens with zero attached hydrogens (tertiary/aromatic N) is 2. The van der Waals surface area contributed by atoms with E-state index in [0.29, 0.717) is 25.3 Å². The van der Waals surface area contributed by atoms with Crippen molar-refractivity contribution in [3.8, 4) is 11.1 Å². The van der Waals surface area contributed by atoms with Gasteiger partial charge in [-0.15, -0.1) is 6.58 Å². The van der Waals surface area contributed by atoms with Crippen LogP contribution in [0.1, 0.15) is 24.0 Å². The van der Waals surface area contributed by atoms with Gasteiger partial charge >= 0.3 is 6.03 Å². The third-order valence-electron chi connectivity index (χ3n) is 6.75. The molecule has 7 heteroatoms. The van der Waals surface area contributed by atoms with Crippen molar-refractivity contribution in [2.75, 3.05) is 25.9 Å². The van der Waals surface area contributed by atoms with Crippen LogP contribution in [0.2, 0.25) is 0 Å². The Kier molecular flexibility index (Phi) is 7.24. The molecule has 2 unspecified atom stereocenters. The molecule has 2 saturated heterocycles. The summed E-state index contributed by atoms with van der Waals surface area (Å²) < 4.78 is 26.9. The number of amides is 2. The minimum atomic E-state index is -3.39. The van der Waals surface area contributed by atoms with Gasteiger partial charge in [0.2, 0.25) is 10.0 Å². The molecule has 2 atom stereocenters. The zero-order valence-electron chi connectivity index (χ0n) is 19.7. The van der Waals surface area contributed by atoms with Crippen LogP contribution in [-0.4, -0.2) is 62.2 Å². The monoisotopic (exact) mass is 479 g/mol. The third kappa shape index (κ3) is 5.42. The van der Waals surface area contributed by atoms with Crippen molar-refractivity contribution < 1.29 is 13.2 Å². The van der Waals surface area contributed by atoms with Crippen LogP contribution in [0.25, 0.3) is 17.2 Å². The average Bonchev–Trinajstić information content (AvgIpc) is 3.16. The Morgan fingerprint density at radius 2 is 1.91 bits per heavy atom. The average molecular weight is 480 g/mol. The highest BCUT2D eigenvalue weighted by Crippen LogP contribution is 2.30. The Morgan fingerprint density at radius 1 is 1.15 bits per heavy atom. The lowest BCUT2D eigenvalue weighted by atomic mass is 9.94. The zero-order valence-corrected chi connectivity index (χ0v) is 20.5. The van der Waals surface area contributed by atoms with Gasteiger partial charge in [-0.05, 0) is 47.4 Å². The van der Waals surface area contributed by atoms with Crippen molar-refractivity contribution in [2.45, 2.75) is 31.3 Å². The van der Waals surface area contributed by atoms with E-state index < -0.39 is 10.0 Å². The lowest BCUT2D eigenvalue weighted by Gasteiger charge is -2.42. The smallest absolute Gasteiger partial charge is 0.320 e. The quantitative estimate of drug-likeness (QED) is 0.578. The first-order chi connectivity index (χ1) is 16.3. The van der Waals surface area contributed by atoms with Crippen LogP contribution >= 0.6 is 0 Å². The lowest BCUT2D eigenvalue weighted by molar-refractivity contribution is 0.0870. The second kappa shape index (κ2) is 10.2. The maximum Gasteiger partial charge on any atom is 0.320 e. The number of hydrogen-bond acceptors (Lipinski definition) is 3. The fourth-order valence-electron chi connectivity index (χ4n) is 5.09. The topological polar surface area (TPSA) is 69.7 Å². The van der Waals surface area contributed by atoms with E-state index in [4.69, 9.17) is 0 Å². The van der Waals surface area contributed by atoms with Crippen molar-refractivity contribution in [2.24, 2.45) is 5.92 Å². The summed E-state index contributed by atoms with van der Waals surface area (Å²) in [5.74, 6) is 0.467. The summed E-state index contributed by atoms with van der Waals surface area (Å²) >= 11 is 0. The number of rotatable bonds is 8. The van der Waals surface area contributed by atoms with E-state index in [9.17, 15) is 13.2 Å². The van der Waals surface area contributed by atoms with Crippen LogP contribution < -0.4 is 4.72 Å². The second-order valence-electron chi connectivity index (χ2n) is 9.32. The minimum Gasteiger partial charge on any atom is -0.324 e. The van der Waals surface area contributed by atoms with Crippen molar-refractivity contribution >= 4 is 22.1 Å². The van der Waals surface area contributed by atoms with E-state index in [1.165, 1.54) is 6.26 Å². The summed E-state index contributed by atoms with van der Waals surface area (Å²) in [7, 11) is -3.39. The van der Waals surface area contributed by atoms with Crippen molar-refractivity contribution in [3.05, 3.63) is 78.9 Å². The van der Waals surface area contributed by atoms with E-state index in [0.717, 1.165) is 41.8 Å². The summed E-state index contributed by atoms with van der Waals surface area (Å²) in [6.07, 6.45) is 7.01. The van der Waals surface area contributed by atoms with Gasteiger partial charge in [0.15, 0.2) is 0 Å². The summed E-state index contributed by atoms with van der Waals surface area (Å²) in [4.78, 5) is 17.0.